The lowest BCUT2D eigenvalue weighted by Gasteiger charge is -2.22. The van der Waals surface area contributed by atoms with Crippen LogP contribution in [0, 0.1) is 9.39 Å². The highest BCUT2D eigenvalue weighted by molar-refractivity contribution is 14.1. The van der Waals surface area contributed by atoms with E-state index in [2.05, 4.69) is 33.2 Å². The molecule has 0 fully saturated rings. The Labute approximate surface area is 176 Å². The number of carbonyl (C=O) groups excluding carboxylic acids is 3. The monoisotopic (exact) mass is 497 g/mol. The standard InChI is InChI=1S/C20H21FIN3O3/c1-12(26)24-18(11-14-6-2-3-8-16(14)21)20(28)25-17(19(23)27)10-13-5-4-7-15(22)9-13/h2-9,17-18H,10-11H2,1H3,(H2,23,27)(H,24,26)(H,25,28)/t17-,18-/m1/s1. The van der Waals surface area contributed by atoms with Crippen LogP contribution >= 0.6 is 22.6 Å². The molecule has 6 nitrogen and oxygen atoms in total. The lowest BCUT2D eigenvalue weighted by atomic mass is 10.0. The molecule has 0 spiro atoms. The largest absolute Gasteiger partial charge is 0.368 e. The number of benzene rings is 2. The second-order valence-electron chi connectivity index (χ2n) is 6.35. The first kappa shape index (κ1) is 21.8. The molecule has 2 aromatic carbocycles. The van der Waals surface area contributed by atoms with Crippen LogP contribution in [-0.2, 0) is 27.2 Å². The Hall–Kier alpha value is -2.49. The normalized spacial score (nSPS) is 12.7. The summed E-state index contributed by atoms with van der Waals surface area (Å²) in [5.74, 6) is -2.21. The van der Waals surface area contributed by atoms with Crippen molar-refractivity contribution in [2.75, 3.05) is 0 Å². The van der Waals surface area contributed by atoms with E-state index in [4.69, 9.17) is 5.73 Å². The molecule has 0 aliphatic carbocycles. The topological polar surface area (TPSA) is 101 Å². The molecule has 0 unspecified atom stereocenters. The van der Waals surface area contributed by atoms with E-state index in [-0.39, 0.29) is 18.4 Å². The highest BCUT2D eigenvalue weighted by atomic mass is 127. The lowest BCUT2D eigenvalue weighted by molar-refractivity contribution is -0.130. The number of halogens is 2. The van der Waals surface area contributed by atoms with Crippen molar-refractivity contribution in [3.8, 4) is 0 Å². The zero-order chi connectivity index (χ0) is 20.7. The van der Waals surface area contributed by atoms with Gasteiger partial charge in [0.2, 0.25) is 17.7 Å². The molecule has 0 saturated carbocycles. The lowest BCUT2D eigenvalue weighted by Crippen LogP contribution is -2.54. The van der Waals surface area contributed by atoms with E-state index < -0.39 is 35.6 Å². The number of hydrogen-bond acceptors (Lipinski definition) is 3. The number of amides is 3. The van der Waals surface area contributed by atoms with Gasteiger partial charge in [-0.3, -0.25) is 14.4 Å². The maximum absolute atomic E-state index is 13.9. The quantitative estimate of drug-likeness (QED) is 0.484. The van der Waals surface area contributed by atoms with Gasteiger partial charge in [0.1, 0.15) is 17.9 Å². The van der Waals surface area contributed by atoms with Crippen molar-refractivity contribution in [3.63, 3.8) is 0 Å². The molecule has 2 atom stereocenters. The van der Waals surface area contributed by atoms with Gasteiger partial charge in [0, 0.05) is 23.3 Å². The van der Waals surface area contributed by atoms with Crippen LogP contribution in [0.1, 0.15) is 18.1 Å². The van der Waals surface area contributed by atoms with E-state index in [9.17, 15) is 18.8 Å². The van der Waals surface area contributed by atoms with Crippen molar-refractivity contribution in [2.24, 2.45) is 5.73 Å². The number of hydrogen-bond donors (Lipinski definition) is 3. The van der Waals surface area contributed by atoms with Crippen molar-refractivity contribution < 1.29 is 18.8 Å². The number of nitrogens with one attached hydrogen (secondary N) is 2. The summed E-state index contributed by atoms with van der Waals surface area (Å²) >= 11 is 2.15. The van der Waals surface area contributed by atoms with Gasteiger partial charge in [0.15, 0.2) is 0 Å². The molecule has 28 heavy (non-hydrogen) atoms. The summed E-state index contributed by atoms with van der Waals surface area (Å²) in [5, 5.41) is 5.08. The number of rotatable bonds is 8. The minimum Gasteiger partial charge on any atom is -0.368 e. The van der Waals surface area contributed by atoms with Gasteiger partial charge in [-0.25, -0.2) is 4.39 Å². The molecule has 0 bridgehead atoms. The minimum absolute atomic E-state index is 0.0488. The SMILES string of the molecule is CC(=O)N[C@H](Cc1ccccc1F)C(=O)N[C@H](Cc1cccc(I)c1)C(N)=O. The maximum atomic E-state index is 13.9. The average molecular weight is 497 g/mol. The van der Waals surface area contributed by atoms with Crippen LogP contribution in [0.5, 0.6) is 0 Å². The van der Waals surface area contributed by atoms with E-state index in [1.54, 1.807) is 6.07 Å². The van der Waals surface area contributed by atoms with Crippen LogP contribution in [0.15, 0.2) is 48.5 Å². The van der Waals surface area contributed by atoms with Crippen molar-refractivity contribution in [1.82, 2.24) is 10.6 Å². The first-order valence-electron chi connectivity index (χ1n) is 8.61. The summed E-state index contributed by atoms with van der Waals surface area (Å²) < 4.78 is 14.9. The predicted octanol–water partition coefficient (Wildman–Crippen LogP) is 1.69. The highest BCUT2D eigenvalue weighted by Crippen LogP contribution is 2.12. The smallest absolute Gasteiger partial charge is 0.243 e. The van der Waals surface area contributed by atoms with E-state index in [0.29, 0.717) is 0 Å². The van der Waals surface area contributed by atoms with E-state index in [1.165, 1.54) is 25.1 Å². The molecule has 0 aliphatic heterocycles. The summed E-state index contributed by atoms with van der Waals surface area (Å²) in [6, 6.07) is 11.5. The van der Waals surface area contributed by atoms with Gasteiger partial charge >= 0.3 is 0 Å². The first-order valence-corrected chi connectivity index (χ1v) is 9.68. The van der Waals surface area contributed by atoms with Crippen LogP contribution in [-0.4, -0.2) is 29.8 Å². The van der Waals surface area contributed by atoms with Crippen LogP contribution in [0.3, 0.4) is 0 Å². The Morgan fingerprint density at radius 2 is 1.75 bits per heavy atom. The fourth-order valence-corrected chi connectivity index (χ4v) is 3.34. The van der Waals surface area contributed by atoms with E-state index >= 15 is 0 Å². The fraction of sp³-hybridized carbons (Fsp3) is 0.250. The van der Waals surface area contributed by atoms with Gasteiger partial charge in [0.05, 0.1) is 0 Å². The van der Waals surface area contributed by atoms with Gasteiger partial charge < -0.3 is 16.4 Å². The van der Waals surface area contributed by atoms with Crippen molar-refractivity contribution in [3.05, 3.63) is 69.0 Å². The van der Waals surface area contributed by atoms with Crippen LogP contribution < -0.4 is 16.4 Å². The van der Waals surface area contributed by atoms with Gasteiger partial charge in [-0.1, -0.05) is 30.3 Å². The Morgan fingerprint density at radius 3 is 2.36 bits per heavy atom. The molecule has 2 rings (SSSR count). The number of primary amides is 1. The average Bonchev–Trinajstić information content (AvgIpc) is 2.62. The van der Waals surface area contributed by atoms with Crippen LogP contribution in [0.4, 0.5) is 4.39 Å². The number of carbonyl (C=O) groups is 3. The van der Waals surface area contributed by atoms with Crippen molar-refractivity contribution in [1.29, 1.82) is 0 Å². The van der Waals surface area contributed by atoms with Crippen molar-refractivity contribution in [2.45, 2.75) is 31.8 Å². The first-order chi connectivity index (χ1) is 13.3. The molecule has 2 aromatic rings. The minimum atomic E-state index is -1.04. The van der Waals surface area contributed by atoms with Gasteiger partial charge in [-0.15, -0.1) is 0 Å². The molecule has 0 heterocycles. The van der Waals surface area contributed by atoms with E-state index in [1.807, 2.05) is 24.3 Å². The van der Waals surface area contributed by atoms with Crippen LogP contribution in [0.25, 0.3) is 0 Å². The summed E-state index contributed by atoms with van der Waals surface area (Å²) in [4.78, 5) is 36.1. The molecule has 3 amide bonds. The van der Waals surface area contributed by atoms with Gasteiger partial charge in [-0.05, 0) is 51.9 Å². The molecule has 4 N–H and O–H groups in total. The molecular formula is C20H21FIN3O3. The van der Waals surface area contributed by atoms with Crippen LogP contribution in [0.2, 0.25) is 0 Å². The molecule has 148 valence electrons. The summed E-state index contributed by atoms with van der Waals surface area (Å²) in [5.41, 5.74) is 6.56. The third-order valence-electron chi connectivity index (χ3n) is 4.06. The molecule has 8 heteroatoms. The second-order valence-corrected chi connectivity index (χ2v) is 7.59. The summed E-state index contributed by atoms with van der Waals surface area (Å²) in [6.07, 6.45) is 0.164. The zero-order valence-electron chi connectivity index (χ0n) is 15.2. The van der Waals surface area contributed by atoms with Crippen molar-refractivity contribution >= 4 is 40.3 Å². The van der Waals surface area contributed by atoms with Gasteiger partial charge in [0.25, 0.3) is 0 Å². The molecule has 0 radical (unpaired) electrons. The van der Waals surface area contributed by atoms with E-state index in [0.717, 1.165) is 9.13 Å². The Bertz CT molecular complexity index is 875. The fourth-order valence-electron chi connectivity index (χ4n) is 2.73. The molecule has 0 aliphatic rings. The third kappa shape index (κ3) is 6.59. The molecule has 0 aromatic heterocycles. The molecular weight excluding hydrogens is 476 g/mol. The summed E-state index contributed by atoms with van der Waals surface area (Å²) in [7, 11) is 0. The predicted molar refractivity (Wildman–Crippen MR) is 112 cm³/mol. The Kier molecular flexibility index (Phi) is 7.91. The molecule has 0 saturated heterocycles. The van der Waals surface area contributed by atoms with Gasteiger partial charge in [-0.2, -0.15) is 0 Å². The number of nitrogens with two attached hydrogens (primary N) is 1. The third-order valence-corrected chi connectivity index (χ3v) is 4.74. The second kappa shape index (κ2) is 10.2. The zero-order valence-corrected chi connectivity index (χ0v) is 17.4. The summed E-state index contributed by atoms with van der Waals surface area (Å²) in [6.45, 7) is 1.26. The Morgan fingerprint density at radius 1 is 1.04 bits per heavy atom. The highest BCUT2D eigenvalue weighted by Gasteiger charge is 2.26. The maximum Gasteiger partial charge on any atom is 0.243 e. The Balaban J connectivity index is 2.15.